The van der Waals surface area contributed by atoms with E-state index in [9.17, 15) is 5.11 Å². The molecular weight excluding hydrogens is 314 g/mol. The number of nitrogens with zero attached hydrogens (tertiary/aromatic N) is 1. The Hall–Kier alpha value is -1.71. The fraction of sp³-hybridized carbons (Fsp3) is 0.118. The highest BCUT2D eigenvalue weighted by Gasteiger charge is 2.15. The number of aliphatic hydroxyl groups is 1. The largest absolute Gasteiger partial charge is 0.384 e. The van der Waals surface area contributed by atoms with Gasteiger partial charge in [0.2, 0.25) is 0 Å². The molecule has 0 aliphatic rings. The summed E-state index contributed by atoms with van der Waals surface area (Å²) in [6.45, 7) is 2.03. The summed E-state index contributed by atoms with van der Waals surface area (Å²) >= 11 is 3.52. The Morgan fingerprint density at radius 3 is 2.55 bits per heavy atom. The van der Waals surface area contributed by atoms with Crippen LogP contribution in [0.5, 0.6) is 0 Å². The van der Waals surface area contributed by atoms with E-state index in [1.807, 2.05) is 55.5 Å². The lowest BCUT2D eigenvalue weighted by Gasteiger charge is -2.14. The second-order valence-electron chi connectivity index (χ2n) is 4.85. The molecule has 3 aromatic rings. The van der Waals surface area contributed by atoms with Gasteiger partial charge in [0.15, 0.2) is 0 Å². The van der Waals surface area contributed by atoms with Crippen LogP contribution in [0, 0.1) is 6.92 Å². The van der Waals surface area contributed by atoms with Gasteiger partial charge in [-0.25, -0.2) is 0 Å². The van der Waals surface area contributed by atoms with Gasteiger partial charge in [-0.1, -0.05) is 57.9 Å². The Morgan fingerprint density at radius 1 is 1.05 bits per heavy atom. The zero-order chi connectivity index (χ0) is 14.1. The molecule has 1 aromatic heterocycles. The van der Waals surface area contributed by atoms with Gasteiger partial charge in [-0.15, -0.1) is 0 Å². The third-order valence-corrected chi connectivity index (χ3v) is 4.13. The lowest BCUT2D eigenvalue weighted by Crippen LogP contribution is -2.01. The summed E-state index contributed by atoms with van der Waals surface area (Å²) in [5, 5.41) is 11.6. The quantitative estimate of drug-likeness (QED) is 0.757. The molecule has 0 aliphatic heterocycles. The molecule has 0 saturated heterocycles. The third-order valence-electron chi connectivity index (χ3n) is 3.44. The number of benzene rings is 2. The SMILES string of the molecule is Cc1ccc(C(O)c2ccc(Br)c3cccnc23)cc1. The standard InChI is InChI=1S/C17H14BrNO/c1-11-4-6-12(7-5-11)17(20)14-8-9-15(18)13-3-2-10-19-16(13)14/h2-10,17,20H,1H3. The van der Waals surface area contributed by atoms with Crippen LogP contribution in [0.25, 0.3) is 10.9 Å². The van der Waals surface area contributed by atoms with Gasteiger partial charge in [0, 0.05) is 21.6 Å². The van der Waals surface area contributed by atoms with Crippen LogP contribution >= 0.6 is 15.9 Å². The minimum Gasteiger partial charge on any atom is -0.384 e. The second-order valence-corrected chi connectivity index (χ2v) is 5.70. The molecule has 3 heteroatoms. The summed E-state index contributed by atoms with van der Waals surface area (Å²) in [7, 11) is 0. The fourth-order valence-electron chi connectivity index (χ4n) is 2.31. The van der Waals surface area contributed by atoms with E-state index in [2.05, 4.69) is 20.9 Å². The molecule has 0 amide bonds. The van der Waals surface area contributed by atoms with Crippen molar-refractivity contribution < 1.29 is 5.11 Å². The first kappa shape index (κ1) is 13.3. The van der Waals surface area contributed by atoms with Gasteiger partial charge in [-0.3, -0.25) is 4.98 Å². The molecule has 0 radical (unpaired) electrons. The van der Waals surface area contributed by atoms with E-state index in [1.165, 1.54) is 5.56 Å². The average Bonchev–Trinajstić information content (AvgIpc) is 2.48. The summed E-state index contributed by atoms with van der Waals surface area (Å²) in [5.41, 5.74) is 3.72. The van der Waals surface area contributed by atoms with Crippen LogP contribution in [0.3, 0.4) is 0 Å². The topological polar surface area (TPSA) is 33.1 Å². The van der Waals surface area contributed by atoms with Crippen molar-refractivity contribution in [2.24, 2.45) is 0 Å². The first-order chi connectivity index (χ1) is 9.66. The Morgan fingerprint density at radius 2 is 1.80 bits per heavy atom. The number of aryl methyl sites for hydroxylation is 1. The lowest BCUT2D eigenvalue weighted by atomic mass is 9.98. The summed E-state index contributed by atoms with van der Waals surface area (Å²) in [6, 6.07) is 15.7. The van der Waals surface area contributed by atoms with E-state index in [0.29, 0.717) is 0 Å². The van der Waals surface area contributed by atoms with Gasteiger partial charge >= 0.3 is 0 Å². The molecule has 0 spiro atoms. The molecule has 0 aliphatic carbocycles. The van der Waals surface area contributed by atoms with Crippen molar-refractivity contribution >= 4 is 26.8 Å². The number of aliphatic hydroxyl groups excluding tert-OH is 1. The highest BCUT2D eigenvalue weighted by molar-refractivity contribution is 9.10. The highest BCUT2D eigenvalue weighted by atomic mass is 79.9. The number of hydrogen-bond acceptors (Lipinski definition) is 2. The van der Waals surface area contributed by atoms with Crippen LogP contribution < -0.4 is 0 Å². The number of aromatic nitrogens is 1. The lowest BCUT2D eigenvalue weighted by molar-refractivity contribution is 0.221. The minimum atomic E-state index is -0.666. The van der Waals surface area contributed by atoms with E-state index < -0.39 is 6.10 Å². The fourth-order valence-corrected chi connectivity index (χ4v) is 2.76. The van der Waals surface area contributed by atoms with Crippen molar-refractivity contribution in [2.75, 3.05) is 0 Å². The molecule has 0 saturated carbocycles. The maximum absolute atomic E-state index is 10.6. The van der Waals surface area contributed by atoms with Crippen molar-refractivity contribution in [1.82, 2.24) is 4.98 Å². The van der Waals surface area contributed by atoms with E-state index in [4.69, 9.17) is 0 Å². The van der Waals surface area contributed by atoms with Crippen molar-refractivity contribution in [1.29, 1.82) is 0 Å². The monoisotopic (exact) mass is 327 g/mol. The van der Waals surface area contributed by atoms with E-state index in [-0.39, 0.29) is 0 Å². The molecule has 1 heterocycles. The molecule has 2 aromatic carbocycles. The molecule has 0 bridgehead atoms. The number of halogens is 1. The number of fused-ring (bicyclic) bond motifs is 1. The zero-order valence-corrected chi connectivity index (χ0v) is 12.6. The molecule has 1 atom stereocenters. The normalized spacial score (nSPS) is 12.6. The van der Waals surface area contributed by atoms with E-state index >= 15 is 0 Å². The van der Waals surface area contributed by atoms with E-state index in [1.54, 1.807) is 6.20 Å². The van der Waals surface area contributed by atoms with Gasteiger partial charge in [0.25, 0.3) is 0 Å². The van der Waals surface area contributed by atoms with Crippen molar-refractivity contribution in [2.45, 2.75) is 13.0 Å². The molecular formula is C17H14BrNO. The molecule has 1 unspecified atom stereocenters. The van der Waals surface area contributed by atoms with Gasteiger partial charge in [-0.05, 0) is 24.6 Å². The minimum absolute atomic E-state index is 0.666. The third kappa shape index (κ3) is 2.35. The summed E-state index contributed by atoms with van der Waals surface area (Å²) in [5.74, 6) is 0. The number of pyridine rings is 1. The van der Waals surface area contributed by atoms with Gasteiger partial charge < -0.3 is 5.11 Å². The summed E-state index contributed by atoms with van der Waals surface area (Å²) < 4.78 is 0.987. The maximum Gasteiger partial charge on any atom is 0.106 e. The van der Waals surface area contributed by atoms with E-state index in [0.717, 1.165) is 26.5 Å². The van der Waals surface area contributed by atoms with Crippen LogP contribution in [-0.2, 0) is 0 Å². The highest BCUT2D eigenvalue weighted by Crippen LogP contribution is 2.31. The molecule has 0 fully saturated rings. The van der Waals surface area contributed by atoms with Crippen LogP contribution in [0.1, 0.15) is 22.8 Å². The Kier molecular flexibility index (Phi) is 3.55. The smallest absolute Gasteiger partial charge is 0.106 e. The number of rotatable bonds is 2. The molecule has 20 heavy (non-hydrogen) atoms. The number of hydrogen-bond donors (Lipinski definition) is 1. The average molecular weight is 328 g/mol. The molecule has 1 N–H and O–H groups in total. The second kappa shape index (κ2) is 5.35. The first-order valence-corrected chi connectivity index (χ1v) is 7.24. The van der Waals surface area contributed by atoms with Crippen LogP contribution in [0.15, 0.2) is 59.2 Å². The Balaban J connectivity index is 2.14. The van der Waals surface area contributed by atoms with Crippen molar-refractivity contribution in [3.8, 4) is 0 Å². The maximum atomic E-state index is 10.6. The van der Waals surface area contributed by atoms with Gasteiger partial charge in [0.05, 0.1) is 5.52 Å². The zero-order valence-electron chi connectivity index (χ0n) is 11.0. The van der Waals surface area contributed by atoms with Crippen LogP contribution in [0.2, 0.25) is 0 Å². The summed E-state index contributed by atoms with van der Waals surface area (Å²) in [6.07, 6.45) is 1.08. The molecule has 3 rings (SSSR count). The molecule has 2 nitrogen and oxygen atoms in total. The Bertz CT molecular complexity index is 753. The van der Waals surface area contributed by atoms with Gasteiger partial charge in [-0.2, -0.15) is 0 Å². The first-order valence-electron chi connectivity index (χ1n) is 6.44. The summed E-state index contributed by atoms with van der Waals surface area (Å²) in [4.78, 5) is 4.42. The van der Waals surface area contributed by atoms with Crippen molar-refractivity contribution in [3.63, 3.8) is 0 Å². The van der Waals surface area contributed by atoms with Crippen LogP contribution in [0.4, 0.5) is 0 Å². The van der Waals surface area contributed by atoms with Gasteiger partial charge in [0.1, 0.15) is 6.10 Å². The van der Waals surface area contributed by atoms with Crippen LogP contribution in [-0.4, -0.2) is 10.1 Å². The predicted molar refractivity (Wildman–Crippen MR) is 84.7 cm³/mol. The Labute approximate surface area is 126 Å². The predicted octanol–water partition coefficient (Wildman–Crippen LogP) is 4.39. The van der Waals surface area contributed by atoms with Crippen molar-refractivity contribution in [3.05, 3.63) is 75.9 Å². The molecule has 100 valence electrons.